The van der Waals surface area contributed by atoms with Gasteiger partial charge in [0.05, 0.1) is 17.7 Å². The van der Waals surface area contributed by atoms with Crippen LogP contribution in [0.1, 0.15) is 5.56 Å². The molecule has 0 aromatic heterocycles. The molecule has 0 saturated carbocycles. The van der Waals surface area contributed by atoms with Crippen LogP contribution < -0.4 is 9.46 Å². The van der Waals surface area contributed by atoms with Crippen LogP contribution in [-0.2, 0) is 10.0 Å². The van der Waals surface area contributed by atoms with E-state index in [4.69, 9.17) is 16.3 Å². The fourth-order valence-corrected chi connectivity index (χ4v) is 3.34. The Morgan fingerprint density at radius 2 is 1.90 bits per heavy atom. The second kappa shape index (κ2) is 5.83. The van der Waals surface area contributed by atoms with Gasteiger partial charge in [-0.05, 0) is 36.8 Å². The highest BCUT2D eigenvalue weighted by Crippen LogP contribution is 2.31. The van der Waals surface area contributed by atoms with Gasteiger partial charge < -0.3 is 9.84 Å². The molecule has 0 unspecified atom stereocenters. The van der Waals surface area contributed by atoms with Gasteiger partial charge in [-0.2, -0.15) is 0 Å². The number of phenols is 1. The molecule has 0 atom stereocenters. The highest BCUT2D eigenvalue weighted by atomic mass is 35.5. The summed E-state index contributed by atoms with van der Waals surface area (Å²) < 4.78 is 32.4. The van der Waals surface area contributed by atoms with Gasteiger partial charge >= 0.3 is 0 Å². The number of phenolic OH excluding ortho intramolecular Hbond substituents is 1. The molecule has 112 valence electrons. The van der Waals surface area contributed by atoms with Gasteiger partial charge in [0.1, 0.15) is 11.5 Å². The monoisotopic (exact) mass is 327 g/mol. The lowest BCUT2D eigenvalue weighted by molar-refractivity contribution is 0.417. The van der Waals surface area contributed by atoms with E-state index < -0.39 is 10.0 Å². The van der Waals surface area contributed by atoms with Gasteiger partial charge in [-0.3, -0.25) is 4.72 Å². The average molecular weight is 328 g/mol. The Bertz CT molecular complexity index is 775. The first-order valence-electron chi connectivity index (χ1n) is 5.99. The molecule has 2 rings (SSSR count). The van der Waals surface area contributed by atoms with Crippen molar-refractivity contribution in [1.82, 2.24) is 0 Å². The molecule has 0 spiro atoms. The van der Waals surface area contributed by atoms with E-state index in [0.717, 1.165) is 0 Å². The summed E-state index contributed by atoms with van der Waals surface area (Å²) in [6, 6.07) is 8.76. The quantitative estimate of drug-likeness (QED) is 0.904. The highest BCUT2D eigenvalue weighted by Gasteiger charge is 2.19. The van der Waals surface area contributed by atoms with Crippen molar-refractivity contribution in [3.63, 3.8) is 0 Å². The van der Waals surface area contributed by atoms with E-state index in [0.29, 0.717) is 16.3 Å². The van der Waals surface area contributed by atoms with Gasteiger partial charge in [-0.15, -0.1) is 0 Å². The van der Waals surface area contributed by atoms with E-state index in [1.165, 1.54) is 31.4 Å². The second-order valence-electron chi connectivity index (χ2n) is 4.40. The summed E-state index contributed by atoms with van der Waals surface area (Å²) in [5.41, 5.74) is 0.744. The number of halogens is 1. The van der Waals surface area contributed by atoms with Gasteiger partial charge in [-0.25, -0.2) is 8.42 Å². The third-order valence-corrected chi connectivity index (χ3v) is 4.61. The Hall–Kier alpha value is -1.92. The summed E-state index contributed by atoms with van der Waals surface area (Å²) >= 11 is 5.87. The smallest absolute Gasteiger partial charge is 0.262 e. The summed E-state index contributed by atoms with van der Waals surface area (Å²) in [4.78, 5) is -0.00970. The number of nitrogens with one attached hydrogen (secondary N) is 1. The van der Waals surface area contributed by atoms with Crippen LogP contribution in [0.2, 0.25) is 5.02 Å². The molecule has 0 aliphatic rings. The van der Waals surface area contributed by atoms with Gasteiger partial charge in [0.2, 0.25) is 0 Å². The van der Waals surface area contributed by atoms with E-state index >= 15 is 0 Å². The lowest BCUT2D eigenvalue weighted by Crippen LogP contribution is -2.14. The van der Waals surface area contributed by atoms with Gasteiger partial charge in [0, 0.05) is 11.1 Å². The van der Waals surface area contributed by atoms with Crippen LogP contribution in [0, 0.1) is 6.92 Å². The van der Waals surface area contributed by atoms with Crippen LogP contribution in [0.4, 0.5) is 5.69 Å². The van der Waals surface area contributed by atoms with Crippen molar-refractivity contribution >= 4 is 27.3 Å². The minimum atomic E-state index is -3.86. The lowest BCUT2D eigenvalue weighted by atomic mass is 10.2. The van der Waals surface area contributed by atoms with E-state index in [1.807, 2.05) is 0 Å². The molecule has 2 aromatic rings. The Kier molecular flexibility index (Phi) is 4.29. The molecule has 0 fully saturated rings. The third kappa shape index (κ3) is 3.40. The minimum absolute atomic E-state index is 0.00970. The predicted molar refractivity (Wildman–Crippen MR) is 81.7 cm³/mol. The Morgan fingerprint density at radius 1 is 1.19 bits per heavy atom. The first-order chi connectivity index (χ1) is 9.83. The zero-order valence-electron chi connectivity index (χ0n) is 11.4. The van der Waals surface area contributed by atoms with Crippen molar-refractivity contribution in [2.75, 3.05) is 11.8 Å². The van der Waals surface area contributed by atoms with Crippen LogP contribution in [-0.4, -0.2) is 20.6 Å². The second-order valence-corrected chi connectivity index (χ2v) is 6.49. The normalized spacial score (nSPS) is 11.2. The molecule has 21 heavy (non-hydrogen) atoms. The number of rotatable bonds is 4. The first-order valence-corrected chi connectivity index (χ1v) is 7.85. The molecule has 7 heteroatoms. The molecule has 2 aromatic carbocycles. The summed E-state index contributed by atoms with van der Waals surface area (Å²) in [6.07, 6.45) is 0. The number of hydrogen-bond donors (Lipinski definition) is 2. The van der Waals surface area contributed by atoms with Crippen molar-refractivity contribution in [3.8, 4) is 11.5 Å². The summed E-state index contributed by atoms with van der Waals surface area (Å²) in [7, 11) is -2.43. The number of benzene rings is 2. The summed E-state index contributed by atoms with van der Waals surface area (Å²) in [6.45, 7) is 1.64. The number of sulfonamides is 1. The molecule has 0 saturated heterocycles. The number of aryl methyl sites for hydroxylation is 1. The zero-order valence-corrected chi connectivity index (χ0v) is 13.0. The van der Waals surface area contributed by atoms with Gasteiger partial charge in [0.25, 0.3) is 10.0 Å². The maximum Gasteiger partial charge on any atom is 0.262 e. The molecule has 0 aliphatic heterocycles. The fraction of sp³-hybridized carbons (Fsp3) is 0.143. The van der Waals surface area contributed by atoms with Crippen molar-refractivity contribution in [2.45, 2.75) is 11.8 Å². The van der Waals surface area contributed by atoms with E-state index in [-0.39, 0.29) is 16.3 Å². The molecule has 2 N–H and O–H groups in total. The molecular weight excluding hydrogens is 314 g/mol. The van der Waals surface area contributed by atoms with Crippen LogP contribution in [0.5, 0.6) is 11.5 Å². The van der Waals surface area contributed by atoms with E-state index in [2.05, 4.69) is 4.72 Å². The number of aromatic hydroxyl groups is 1. The Morgan fingerprint density at radius 3 is 2.57 bits per heavy atom. The van der Waals surface area contributed by atoms with Crippen molar-refractivity contribution in [2.24, 2.45) is 0 Å². The van der Waals surface area contributed by atoms with Crippen molar-refractivity contribution < 1.29 is 18.3 Å². The number of anilines is 1. The van der Waals surface area contributed by atoms with E-state index in [1.54, 1.807) is 19.1 Å². The molecule has 5 nitrogen and oxygen atoms in total. The number of hydrogen-bond acceptors (Lipinski definition) is 4. The van der Waals surface area contributed by atoms with E-state index in [9.17, 15) is 13.5 Å². The molecule has 0 heterocycles. The molecule has 0 amide bonds. The van der Waals surface area contributed by atoms with Gasteiger partial charge in [-0.1, -0.05) is 17.7 Å². The molecule has 0 bridgehead atoms. The maximum atomic E-state index is 12.4. The summed E-state index contributed by atoms with van der Waals surface area (Å²) in [5, 5.41) is 9.85. The number of ether oxygens (including phenoxy) is 1. The predicted octanol–water partition coefficient (Wildman–Crippen LogP) is 3.16. The average Bonchev–Trinajstić information content (AvgIpc) is 2.41. The Labute approximate surface area is 128 Å². The lowest BCUT2D eigenvalue weighted by Gasteiger charge is -2.13. The standard InChI is InChI=1S/C14H14ClNO4S/c1-9-3-5-11(17)8-14(9)21(18,19)16-12-7-10(15)4-6-13(12)20-2/h3-8,16-17H,1-2H3. The molecule has 0 radical (unpaired) electrons. The van der Waals surface area contributed by atoms with Crippen LogP contribution in [0.25, 0.3) is 0 Å². The zero-order chi connectivity index (χ0) is 15.6. The third-order valence-electron chi connectivity index (χ3n) is 2.87. The SMILES string of the molecule is COc1ccc(Cl)cc1NS(=O)(=O)c1cc(O)ccc1C. The maximum absolute atomic E-state index is 12.4. The fourth-order valence-electron chi connectivity index (χ4n) is 1.84. The topological polar surface area (TPSA) is 75.6 Å². The van der Waals surface area contributed by atoms with Crippen LogP contribution >= 0.6 is 11.6 Å². The first kappa shape index (κ1) is 15.5. The molecular formula is C14H14ClNO4S. The van der Waals surface area contributed by atoms with Crippen molar-refractivity contribution in [3.05, 3.63) is 47.0 Å². The number of methoxy groups -OCH3 is 1. The highest BCUT2D eigenvalue weighted by molar-refractivity contribution is 7.92. The van der Waals surface area contributed by atoms with Gasteiger partial charge in [0.15, 0.2) is 0 Å². The van der Waals surface area contributed by atoms with Crippen LogP contribution in [0.15, 0.2) is 41.3 Å². The summed E-state index contributed by atoms with van der Waals surface area (Å²) in [5.74, 6) is 0.222. The Balaban J connectivity index is 2.47. The molecule has 0 aliphatic carbocycles. The largest absolute Gasteiger partial charge is 0.508 e. The van der Waals surface area contributed by atoms with Crippen LogP contribution in [0.3, 0.4) is 0 Å². The minimum Gasteiger partial charge on any atom is -0.508 e. The van der Waals surface area contributed by atoms with Crippen molar-refractivity contribution in [1.29, 1.82) is 0 Å².